The SMILES string of the molecule is O=C(Nc1cc(-c2ccco2)nn1-c1nc(-c2ccccc2)cc(=O)[nH]1)c1cc(Cl)ccc1[N+](=O)[O-]. The average Bonchev–Trinajstić information content (AvgIpc) is 3.54. The van der Waals surface area contributed by atoms with Crippen LogP contribution >= 0.6 is 11.6 Å². The number of nitro groups is 1. The van der Waals surface area contributed by atoms with Gasteiger partial charge >= 0.3 is 0 Å². The minimum Gasteiger partial charge on any atom is -0.463 e. The van der Waals surface area contributed by atoms with Crippen LogP contribution in [0.4, 0.5) is 11.5 Å². The van der Waals surface area contributed by atoms with E-state index in [0.717, 1.165) is 6.07 Å². The van der Waals surface area contributed by atoms with Crippen molar-refractivity contribution in [3.8, 4) is 28.7 Å². The Kier molecular flexibility index (Phi) is 5.88. The Labute approximate surface area is 207 Å². The van der Waals surface area contributed by atoms with E-state index in [1.165, 1.54) is 35.2 Å². The summed E-state index contributed by atoms with van der Waals surface area (Å²) in [4.78, 5) is 43.4. The number of aromatic amines is 1. The molecule has 0 fully saturated rings. The second-order valence-corrected chi connectivity index (χ2v) is 7.93. The number of nitrogens with one attached hydrogen (secondary N) is 2. The zero-order valence-electron chi connectivity index (χ0n) is 18.2. The van der Waals surface area contributed by atoms with Crippen LogP contribution in [0, 0.1) is 10.1 Å². The molecule has 178 valence electrons. The van der Waals surface area contributed by atoms with Crippen molar-refractivity contribution in [1.82, 2.24) is 19.7 Å². The molecular formula is C24H15ClN6O5. The first-order chi connectivity index (χ1) is 17.4. The molecule has 3 heterocycles. The van der Waals surface area contributed by atoms with Crippen molar-refractivity contribution < 1.29 is 14.1 Å². The molecule has 5 rings (SSSR count). The number of hydrogen-bond acceptors (Lipinski definition) is 7. The number of furan rings is 1. The Morgan fingerprint density at radius 3 is 2.58 bits per heavy atom. The van der Waals surface area contributed by atoms with E-state index in [4.69, 9.17) is 16.0 Å². The molecule has 3 aromatic heterocycles. The maximum atomic E-state index is 13.1. The molecule has 36 heavy (non-hydrogen) atoms. The molecule has 0 spiro atoms. The first-order valence-electron chi connectivity index (χ1n) is 10.5. The van der Waals surface area contributed by atoms with Crippen molar-refractivity contribution in [2.24, 2.45) is 0 Å². The summed E-state index contributed by atoms with van der Waals surface area (Å²) in [6.07, 6.45) is 1.46. The Morgan fingerprint density at radius 1 is 1.06 bits per heavy atom. The zero-order valence-corrected chi connectivity index (χ0v) is 19.0. The maximum absolute atomic E-state index is 13.1. The predicted molar refractivity (Wildman–Crippen MR) is 131 cm³/mol. The van der Waals surface area contributed by atoms with E-state index in [-0.39, 0.29) is 22.4 Å². The van der Waals surface area contributed by atoms with Gasteiger partial charge in [-0.05, 0) is 24.3 Å². The zero-order chi connectivity index (χ0) is 25.2. The van der Waals surface area contributed by atoms with Gasteiger partial charge in [0.2, 0.25) is 5.95 Å². The van der Waals surface area contributed by atoms with E-state index in [1.54, 1.807) is 24.3 Å². The van der Waals surface area contributed by atoms with Gasteiger partial charge in [0.05, 0.1) is 16.9 Å². The molecule has 2 aromatic carbocycles. The fourth-order valence-corrected chi connectivity index (χ4v) is 3.68. The highest BCUT2D eigenvalue weighted by molar-refractivity contribution is 6.31. The highest BCUT2D eigenvalue weighted by Crippen LogP contribution is 2.27. The molecule has 0 bridgehead atoms. The molecule has 0 saturated heterocycles. The van der Waals surface area contributed by atoms with Crippen molar-refractivity contribution in [3.63, 3.8) is 0 Å². The van der Waals surface area contributed by atoms with Crippen LogP contribution in [0.1, 0.15) is 10.4 Å². The lowest BCUT2D eigenvalue weighted by Crippen LogP contribution is -2.19. The number of nitrogens with zero attached hydrogens (tertiary/aromatic N) is 4. The topological polar surface area (TPSA) is 149 Å². The molecule has 5 aromatic rings. The molecule has 11 nitrogen and oxygen atoms in total. The smallest absolute Gasteiger partial charge is 0.282 e. The number of halogens is 1. The number of amides is 1. The molecule has 0 atom stereocenters. The van der Waals surface area contributed by atoms with Crippen LogP contribution < -0.4 is 10.9 Å². The second-order valence-electron chi connectivity index (χ2n) is 7.50. The monoisotopic (exact) mass is 502 g/mol. The molecule has 0 aliphatic rings. The molecular weight excluding hydrogens is 488 g/mol. The van der Waals surface area contributed by atoms with Crippen molar-refractivity contribution in [3.05, 3.63) is 110 Å². The number of benzene rings is 2. The van der Waals surface area contributed by atoms with Gasteiger partial charge in [0, 0.05) is 28.8 Å². The van der Waals surface area contributed by atoms with Crippen molar-refractivity contribution in [1.29, 1.82) is 0 Å². The van der Waals surface area contributed by atoms with E-state index in [2.05, 4.69) is 20.4 Å². The van der Waals surface area contributed by atoms with Gasteiger partial charge in [-0.2, -0.15) is 9.78 Å². The molecule has 12 heteroatoms. The highest BCUT2D eigenvalue weighted by atomic mass is 35.5. The fourth-order valence-electron chi connectivity index (χ4n) is 3.51. The van der Waals surface area contributed by atoms with Crippen LogP contribution in [0.2, 0.25) is 5.02 Å². The van der Waals surface area contributed by atoms with Crippen LogP contribution in [0.15, 0.2) is 88.3 Å². The third kappa shape index (κ3) is 4.50. The van der Waals surface area contributed by atoms with Gasteiger partial charge in [-0.25, -0.2) is 4.98 Å². The number of aromatic nitrogens is 4. The summed E-state index contributed by atoms with van der Waals surface area (Å²) < 4.78 is 6.62. The second kappa shape index (κ2) is 9.31. The van der Waals surface area contributed by atoms with E-state index >= 15 is 0 Å². The number of carbonyl (C=O) groups is 1. The van der Waals surface area contributed by atoms with Gasteiger partial charge in [0.15, 0.2) is 5.76 Å². The first kappa shape index (κ1) is 22.7. The van der Waals surface area contributed by atoms with Crippen molar-refractivity contribution >= 4 is 29.0 Å². The van der Waals surface area contributed by atoms with Gasteiger partial charge < -0.3 is 9.73 Å². The summed E-state index contributed by atoms with van der Waals surface area (Å²) in [5.74, 6) is -0.332. The Balaban J connectivity index is 1.62. The summed E-state index contributed by atoms with van der Waals surface area (Å²) in [5, 5.41) is 18.6. The van der Waals surface area contributed by atoms with Crippen LogP contribution in [0.25, 0.3) is 28.7 Å². The van der Waals surface area contributed by atoms with Gasteiger partial charge in [-0.15, -0.1) is 0 Å². The van der Waals surface area contributed by atoms with Crippen LogP contribution in [-0.2, 0) is 0 Å². The maximum Gasteiger partial charge on any atom is 0.282 e. The summed E-state index contributed by atoms with van der Waals surface area (Å²) >= 11 is 5.98. The Bertz CT molecular complexity index is 1640. The van der Waals surface area contributed by atoms with Gasteiger partial charge in [-0.1, -0.05) is 41.9 Å². The minimum absolute atomic E-state index is 0.00931. The summed E-state index contributed by atoms with van der Waals surface area (Å²) in [6.45, 7) is 0. The average molecular weight is 503 g/mol. The van der Waals surface area contributed by atoms with Gasteiger partial charge in [0.25, 0.3) is 17.2 Å². The highest BCUT2D eigenvalue weighted by Gasteiger charge is 2.23. The largest absolute Gasteiger partial charge is 0.463 e. The third-order valence-corrected chi connectivity index (χ3v) is 5.36. The predicted octanol–water partition coefficient (Wildman–Crippen LogP) is 4.70. The quantitative estimate of drug-likeness (QED) is 0.252. The molecule has 1 amide bonds. The van der Waals surface area contributed by atoms with Crippen LogP contribution in [-0.4, -0.2) is 30.6 Å². The van der Waals surface area contributed by atoms with E-state index in [9.17, 15) is 19.7 Å². The first-order valence-corrected chi connectivity index (χ1v) is 10.8. The number of hydrogen-bond donors (Lipinski definition) is 2. The molecule has 0 saturated carbocycles. The Hall–Kier alpha value is -5.03. The number of anilines is 1. The molecule has 0 aliphatic heterocycles. The lowest BCUT2D eigenvalue weighted by molar-refractivity contribution is -0.385. The van der Waals surface area contributed by atoms with Gasteiger partial charge in [-0.3, -0.25) is 24.7 Å². The van der Waals surface area contributed by atoms with E-state index in [0.29, 0.717) is 22.7 Å². The molecule has 0 unspecified atom stereocenters. The van der Waals surface area contributed by atoms with E-state index in [1.807, 2.05) is 18.2 Å². The van der Waals surface area contributed by atoms with Crippen molar-refractivity contribution in [2.45, 2.75) is 0 Å². The van der Waals surface area contributed by atoms with Crippen LogP contribution in [0.5, 0.6) is 0 Å². The van der Waals surface area contributed by atoms with Crippen LogP contribution in [0.3, 0.4) is 0 Å². The minimum atomic E-state index is -0.807. The standard InChI is InChI=1S/C24H15ClN6O5/c25-15-8-9-19(31(34)35)16(11-15)23(33)27-21-12-18(20-7-4-10-36-20)29-30(21)24-26-17(13-22(32)28-24)14-5-2-1-3-6-14/h1-13H,(H,27,33)(H,26,28,32). The third-order valence-electron chi connectivity index (χ3n) is 5.12. The molecule has 2 N–H and O–H groups in total. The molecule has 0 aliphatic carbocycles. The van der Waals surface area contributed by atoms with E-state index < -0.39 is 22.1 Å². The number of rotatable bonds is 6. The summed E-state index contributed by atoms with van der Waals surface area (Å²) in [6, 6.07) is 18.9. The normalized spacial score (nSPS) is 10.8. The Morgan fingerprint density at radius 2 is 1.86 bits per heavy atom. The number of carbonyl (C=O) groups excluding carboxylic acids is 1. The lowest BCUT2D eigenvalue weighted by atomic mass is 10.1. The molecule has 0 radical (unpaired) electrons. The lowest BCUT2D eigenvalue weighted by Gasteiger charge is -2.10. The van der Waals surface area contributed by atoms with Crippen molar-refractivity contribution in [2.75, 3.05) is 5.32 Å². The number of H-pyrrole nitrogens is 1. The summed E-state index contributed by atoms with van der Waals surface area (Å²) in [7, 11) is 0. The van der Waals surface area contributed by atoms with Gasteiger partial charge in [0.1, 0.15) is 17.1 Å². The fraction of sp³-hybridized carbons (Fsp3) is 0. The summed E-state index contributed by atoms with van der Waals surface area (Å²) in [5.41, 5.74) is 0.280. The number of nitro benzene ring substituents is 1.